The van der Waals surface area contributed by atoms with Gasteiger partial charge in [-0.05, 0) is 0 Å². The summed E-state index contributed by atoms with van der Waals surface area (Å²) in [5.74, 6) is 0.975. The second kappa shape index (κ2) is 9.50. The summed E-state index contributed by atoms with van der Waals surface area (Å²) in [7, 11) is -3.65. The summed E-state index contributed by atoms with van der Waals surface area (Å²) < 4.78 is 5.69. The van der Waals surface area contributed by atoms with Crippen LogP contribution < -0.4 is 4.52 Å². The number of rotatable bonds is 10. The van der Waals surface area contributed by atoms with E-state index in [2.05, 4.69) is 33.8 Å². The van der Waals surface area contributed by atoms with Crippen LogP contribution in [0.2, 0.25) is 0 Å². The second-order valence-electron chi connectivity index (χ2n) is 6.12. The van der Waals surface area contributed by atoms with Gasteiger partial charge in [-0.15, -0.1) is 0 Å². The standard InChI is InChI=1S/C18H33O3P/c1-5-9-10-16(7-3)14-22(19,20)21-18-12-11-15(6-2)13-17(18)8-4/h11-13,16,19-20,22H,5-10,14H2,1-4H3. The molecule has 0 aliphatic rings. The van der Waals surface area contributed by atoms with Crippen molar-refractivity contribution in [2.75, 3.05) is 6.16 Å². The molecule has 2 N–H and O–H groups in total. The third kappa shape index (κ3) is 6.24. The number of aryl methyl sites for hydroxylation is 2. The molecule has 0 aromatic heterocycles. The Labute approximate surface area is 136 Å². The van der Waals surface area contributed by atoms with E-state index in [4.69, 9.17) is 4.52 Å². The van der Waals surface area contributed by atoms with Crippen LogP contribution in [0.4, 0.5) is 0 Å². The van der Waals surface area contributed by atoms with E-state index in [0.717, 1.165) is 44.1 Å². The zero-order valence-corrected chi connectivity index (χ0v) is 15.6. The Morgan fingerprint density at radius 1 is 1.09 bits per heavy atom. The van der Waals surface area contributed by atoms with Gasteiger partial charge in [-0.1, -0.05) is 0 Å². The van der Waals surface area contributed by atoms with Crippen LogP contribution in [0, 0.1) is 5.92 Å². The van der Waals surface area contributed by atoms with Crippen molar-refractivity contribution in [3.63, 3.8) is 0 Å². The molecule has 0 saturated heterocycles. The van der Waals surface area contributed by atoms with Crippen molar-refractivity contribution in [2.24, 2.45) is 5.92 Å². The Hall–Kier alpha value is -0.630. The van der Waals surface area contributed by atoms with E-state index < -0.39 is 7.94 Å². The molecule has 0 amide bonds. The van der Waals surface area contributed by atoms with Gasteiger partial charge in [0.05, 0.1) is 0 Å². The third-order valence-corrected chi connectivity index (χ3v) is 5.94. The zero-order valence-electron chi connectivity index (χ0n) is 14.6. The van der Waals surface area contributed by atoms with Gasteiger partial charge in [0, 0.05) is 0 Å². The number of benzene rings is 1. The molecule has 0 fully saturated rings. The Morgan fingerprint density at radius 3 is 2.36 bits per heavy atom. The Bertz CT molecular complexity index is 446. The van der Waals surface area contributed by atoms with Crippen molar-refractivity contribution in [1.82, 2.24) is 0 Å². The van der Waals surface area contributed by atoms with E-state index in [-0.39, 0.29) is 0 Å². The monoisotopic (exact) mass is 328 g/mol. The summed E-state index contributed by atoms with van der Waals surface area (Å²) in [5, 5.41) is 0. The molecule has 0 bridgehead atoms. The van der Waals surface area contributed by atoms with Crippen molar-refractivity contribution < 1.29 is 14.3 Å². The fourth-order valence-corrected chi connectivity index (χ4v) is 4.65. The minimum absolute atomic E-state index is 0.335. The predicted octanol–water partition coefficient (Wildman–Crippen LogP) is 4.89. The van der Waals surface area contributed by atoms with Crippen LogP contribution in [0.25, 0.3) is 0 Å². The third-order valence-electron chi connectivity index (χ3n) is 4.29. The van der Waals surface area contributed by atoms with Gasteiger partial charge in [0.25, 0.3) is 0 Å². The SMILES string of the molecule is CCCCC(CC)C[PH](O)(O)Oc1ccc(CC)cc1CC. The molecule has 0 aliphatic heterocycles. The van der Waals surface area contributed by atoms with Gasteiger partial charge >= 0.3 is 136 Å². The summed E-state index contributed by atoms with van der Waals surface area (Å²) in [5.41, 5.74) is 2.31. The first-order valence-corrected chi connectivity index (χ1v) is 10.7. The Kier molecular flexibility index (Phi) is 8.38. The summed E-state index contributed by atoms with van der Waals surface area (Å²) >= 11 is 0. The average Bonchev–Trinajstić information content (AvgIpc) is 2.51. The molecule has 4 heteroatoms. The molecule has 22 heavy (non-hydrogen) atoms. The molecular formula is C18H33O3P. The van der Waals surface area contributed by atoms with E-state index in [9.17, 15) is 9.79 Å². The van der Waals surface area contributed by atoms with Crippen LogP contribution >= 0.6 is 7.94 Å². The Balaban J connectivity index is 2.78. The predicted molar refractivity (Wildman–Crippen MR) is 96.8 cm³/mol. The summed E-state index contributed by atoms with van der Waals surface area (Å²) in [6.45, 7) is 8.45. The number of hydrogen-bond acceptors (Lipinski definition) is 3. The first-order valence-electron chi connectivity index (χ1n) is 8.71. The average molecular weight is 328 g/mol. The molecule has 128 valence electrons. The maximum atomic E-state index is 10.4. The minimum atomic E-state index is -3.65. The first kappa shape index (κ1) is 19.4. The van der Waals surface area contributed by atoms with E-state index >= 15 is 0 Å². The molecule has 1 aromatic carbocycles. The van der Waals surface area contributed by atoms with Gasteiger partial charge in [-0.2, -0.15) is 0 Å². The molecule has 0 heterocycles. The maximum absolute atomic E-state index is 10.4. The van der Waals surface area contributed by atoms with Crippen LogP contribution in [-0.4, -0.2) is 15.9 Å². The van der Waals surface area contributed by atoms with Crippen molar-refractivity contribution in [1.29, 1.82) is 0 Å². The molecule has 3 nitrogen and oxygen atoms in total. The number of hydrogen-bond donors (Lipinski definition) is 2. The molecule has 0 aliphatic carbocycles. The second-order valence-corrected chi connectivity index (χ2v) is 8.21. The van der Waals surface area contributed by atoms with E-state index in [1.165, 1.54) is 5.56 Å². The molecule has 1 aromatic rings. The topological polar surface area (TPSA) is 49.7 Å². The Morgan fingerprint density at radius 2 is 1.82 bits per heavy atom. The zero-order chi connectivity index (χ0) is 16.6. The molecule has 1 atom stereocenters. The van der Waals surface area contributed by atoms with Gasteiger partial charge in [-0.3, -0.25) is 0 Å². The fraction of sp³-hybridized carbons (Fsp3) is 0.667. The van der Waals surface area contributed by atoms with Gasteiger partial charge in [0.2, 0.25) is 0 Å². The number of unbranched alkanes of at least 4 members (excludes halogenated alkanes) is 1. The summed E-state index contributed by atoms with van der Waals surface area (Å²) in [6, 6.07) is 6.00. The molecule has 1 rings (SSSR count). The van der Waals surface area contributed by atoms with Crippen molar-refractivity contribution in [2.45, 2.75) is 66.2 Å². The van der Waals surface area contributed by atoms with E-state index in [0.29, 0.717) is 17.8 Å². The van der Waals surface area contributed by atoms with Crippen LogP contribution in [0.1, 0.15) is 64.5 Å². The normalized spacial score (nSPS) is 13.9. The van der Waals surface area contributed by atoms with Crippen molar-refractivity contribution in [3.8, 4) is 5.75 Å². The van der Waals surface area contributed by atoms with Crippen LogP contribution in [-0.2, 0) is 12.8 Å². The summed E-state index contributed by atoms with van der Waals surface area (Å²) in [6.07, 6.45) is 6.48. The van der Waals surface area contributed by atoms with Crippen molar-refractivity contribution >= 4 is 7.94 Å². The molecule has 0 spiro atoms. The van der Waals surface area contributed by atoms with Crippen LogP contribution in [0.15, 0.2) is 18.2 Å². The van der Waals surface area contributed by atoms with E-state index in [1.54, 1.807) is 0 Å². The molecule has 0 radical (unpaired) electrons. The van der Waals surface area contributed by atoms with Gasteiger partial charge < -0.3 is 0 Å². The molecular weight excluding hydrogens is 295 g/mol. The van der Waals surface area contributed by atoms with Gasteiger partial charge in [0.15, 0.2) is 0 Å². The molecule has 0 saturated carbocycles. The quantitative estimate of drug-likeness (QED) is 0.601. The summed E-state index contributed by atoms with van der Waals surface area (Å²) in [4.78, 5) is 20.8. The van der Waals surface area contributed by atoms with Gasteiger partial charge in [0.1, 0.15) is 0 Å². The van der Waals surface area contributed by atoms with E-state index in [1.807, 2.05) is 12.1 Å². The molecule has 1 unspecified atom stereocenters. The fourth-order valence-electron chi connectivity index (χ4n) is 2.77. The first-order chi connectivity index (χ1) is 10.5. The van der Waals surface area contributed by atoms with Crippen LogP contribution in [0.3, 0.4) is 0 Å². The van der Waals surface area contributed by atoms with Gasteiger partial charge in [-0.25, -0.2) is 0 Å². The van der Waals surface area contributed by atoms with Crippen LogP contribution in [0.5, 0.6) is 5.75 Å². The van der Waals surface area contributed by atoms with Crippen molar-refractivity contribution in [3.05, 3.63) is 29.3 Å².